The maximum atomic E-state index is 12.5. The molecule has 0 bridgehead atoms. The van der Waals surface area contributed by atoms with Crippen LogP contribution in [0.1, 0.15) is 29.0 Å². The summed E-state index contributed by atoms with van der Waals surface area (Å²) in [7, 11) is 0. The number of aliphatic carboxylic acids is 1. The molecule has 162 valence electrons. The minimum absolute atomic E-state index is 0.0590. The van der Waals surface area contributed by atoms with E-state index in [2.05, 4.69) is 41.7 Å². The zero-order chi connectivity index (χ0) is 22.1. The Morgan fingerprint density at radius 3 is 2.25 bits per heavy atom. The first-order chi connectivity index (χ1) is 15.6. The molecule has 0 radical (unpaired) electrons. The van der Waals surface area contributed by atoms with Gasteiger partial charge in [0.25, 0.3) is 0 Å². The van der Waals surface area contributed by atoms with E-state index in [-0.39, 0.29) is 17.8 Å². The lowest BCUT2D eigenvalue weighted by molar-refractivity contribution is -0.139. The SMILES string of the molecule is O=C(NC(CC1Cc2ccccc2S1)C(=O)O)OCC1c2ccccc2-c2ccccc21. The summed E-state index contributed by atoms with van der Waals surface area (Å²) in [6.07, 6.45) is 0.454. The molecule has 3 aromatic carbocycles. The maximum absolute atomic E-state index is 12.5. The van der Waals surface area contributed by atoms with Gasteiger partial charge in [-0.15, -0.1) is 11.8 Å². The molecule has 0 fully saturated rings. The zero-order valence-electron chi connectivity index (χ0n) is 17.4. The van der Waals surface area contributed by atoms with Crippen LogP contribution in [-0.2, 0) is 16.0 Å². The molecule has 0 spiro atoms. The number of amides is 1. The summed E-state index contributed by atoms with van der Waals surface area (Å²) in [5.74, 6) is -1.11. The van der Waals surface area contributed by atoms with E-state index in [9.17, 15) is 14.7 Å². The third kappa shape index (κ3) is 3.98. The number of carbonyl (C=O) groups is 2. The first-order valence-electron chi connectivity index (χ1n) is 10.7. The molecule has 1 aliphatic carbocycles. The van der Waals surface area contributed by atoms with Crippen molar-refractivity contribution in [2.75, 3.05) is 6.61 Å². The standard InChI is InChI=1S/C26H23NO4S/c28-25(29)23(14-17-13-16-7-1-6-12-24(16)32-17)27-26(30)31-15-22-20-10-4-2-8-18(20)19-9-3-5-11-21(19)22/h1-12,17,22-23H,13-15H2,(H,27,30)(H,28,29). The van der Waals surface area contributed by atoms with Gasteiger partial charge in [0.15, 0.2) is 0 Å². The molecule has 5 rings (SSSR count). The summed E-state index contributed by atoms with van der Waals surface area (Å²) in [5.41, 5.74) is 5.78. The number of hydrogen-bond donors (Lipinski definition) is 2. The molecule has 6 heteroatoms. The van der Waals surface area contributed by atoms with Crippen molar-refractivity contribution >= 4 is 23.8 Å². The van der Waals surface area contributed by atoms with Gasteiger partial charge in [-0.05, 0) is 46.7 Å². The Kier molecular flexibility index (Phi) is 5.62. The maximum Gasteiger partial charge on any atom is 0.407 e. The van der Waals surface area contributed by atoms with Gasteiger partial charge in [0, 0.05) is 16.1 Å². The number of benzene rings is 3. The van der Waals surface area contributed by atoms with Gasteiger partial charge >= 0.3 is 12.1 Å². The van der Waals surface area contributed by atoms with Crippen molar-refractivity contribution in [3.63, 3.8) is 0 Å². The first kappa shape index (κ1) is 20.6. The average molecular weight is 446 g/mol. The van der Waals surface area contributed by atoms with Crippen LogP contribution in [-0.4, -0.2) is 35.1 Å². The Labute approximate surface area is 190 Å². The second-order valence-corrected chi connectivity index (χ2v) is 9.49. The number of carboxylic acids is 1. The minimum atomic E-state index is -1.05. The van der Waals surface area contributed by atoms with Gasteiger partial charge in [0.2, 0.25) is 0 Å². The van der Waals surface area contributed by atoms with Gasteiger partial charge in [-0.2, -0.15) is 0 Å². The summed E-state index contributed by atoms with van der Waals surface area (Å²) < 4.78 is 5.53. The van der Waals surface area contributed by atoms with Crippen LogP contribution in [0.2, 0.25) is 0 Å². The van der Waals surface area contributed by atoms with Gasteiger partial charge in [0.05, 0.1) is 0 Å². The summed E-state index contributed by atoms with van der Waals surface area (Å²) in [6.45, 7) is 0.163. The van der Waals surface area contributed by atoms with E-state index in [1.165, 1.54) is 10.5 Å². The van der Waals surface area contributed by atoms with E-state index in [0.29, 0.717) is 6.42 Å². The van der Waals surface area contributed by atoms with Crippen LogP contribution >= 0.6 is 11.8 Å². The Morgan fingerprint density at radius 2 is 1.59 bits per heavy atom. The number of alkyl carbamates (subject to hydrolysis) is 1. The highest BCUT2D eigenvalue weighted by Gasteiger charge is 2.31. The van der Waals surface area contributed by atoms with Crippen LogP contribution in [0.4, 0.5) is 4.79 Å². The second-order valence-electron chi connectivity index (χ2n) is 8.15. The van der Waals surface area contributed by atoms with Crippen LogP contribution in [0.25, 0.3) is 11.1 Å². The van der Waals surface area contributed by atoms with E-state index in [1.807, 2.05) is 36.4 Å². The quantitative estimate of drug-likeness (QED) is 0.553. The highest BCUT2D eigenvalue weighted by atomic mass is 32.2. The number of thioether (sulfide) groups is 1. The van der Waals surface area contributed by atoms with Gasteiger partial charge in [-0.1, -0.05) is 66.7 Å². The van der Waals surface area contributed by atoms with E-state index in [0.717, 1.165) is 28.7 Å². The predicted octanol–water partition coefficient (Wildman–Crippen LogP) is 5.09. The lowest BCUT2D eigenvalue weighted by Crippen LogP contribution is -2.43. The van der Waals surface area contributed by atoms with Crippen molar-refractivity contribution in [1.82, 2.24) is 5.32 Å². The number of rotatable bonds is 6. The number of ether oxygens (including phenoxy) is 1. The molecule has 0 aromatic heterocycles. The molecular weight excluding hydrogens is 422 g/mol. The molecule has 32 heavy (non-hydrogen) atoms. The van der Waals surface area contributed by atoms with Gasteiger partial charge < -0.3 is 15.2 Å². The molecule has 5 nitrogen and oxygen atoms in total. The van der Waals surface area contributed by atoms with Crippen molar-refractivity contribution in [3.8, 4) is 11.1 Å². The number of hydrogen-bond acceptors (Lipinski definition) is 4. The van der Waals surface area contributed by atoms with Crippen molar-refractivity contribution in [2.45, 2.75) is 34.9 Å². The van der Waals surface area contributed by atoms with Crippen molar-refractivity contribution < 1.29 is 19.4 Å². The Hall–Kier alpha value is -3.25. The van der Waals surface area contributed by atoms with Crippen LogP contribution < -0.4 is 5.32 Å². The van der Waals surface area contributed by atoms with Crippen LogP contribution in [0, 0.1) is 0 Å². The number of carbonyl (C=O) groups excluding carboxylic acids is 1. The van der Waals surface area contributed by atoms with Crippen LogP contribution in [0.15, 0.2) is 77.7 Å². The Morgan fingerprint density at radius 1 is 0.969 bits per heavy atom. The molecule has 2 atom stereocenters. The fourth-order valence-corrected chi connectivity index (χ4v) is 6.02. The van der Waals surface area contributed by atoms with Gasteiger partial charge in [-0.3, -0.25) is 0 Å². The van der Waals surface area contributed by atoms with Crippen molar-refractivity contribution in [1.29, 1.82) is 0 Å². The number of nitrogens with one attached hydrogen (secondary N) is 1. The third-order valence-corrected chi connectivity index (χ3v) is 7.49. The molecule has 1 aliphatic heterocycles. The molecule has 2 N–H and O–H groups in total. The summed E-state index contributed by atoms with van der Waals surface area (Å²) >= 11 is 1.67. The molecule has 1 heterocycles. The third-order valence-electron chi connectivity index (χ3n) is 6.15. The normalized spacial score (nSPS) is 17.2. The van der Waals surface area contributed by atoms with Gasteiger partial charge in [0.1, 0.15) is 12.6 Å². The Bertz CT molecular complexity index is 1110. The van der Waals surface area contributed by atoms with Crippen molar-refractivity contribution in [3.05, 3.63) is 89.5 Å². The van der Waals surface area contributed by atoms with E-state index >= 15 is 0 Å². The molecule has 2 unspecified atom stereocenters. The molecule has 3 aromatic rings. The topological polar surface area (TPSA) is 75.6 Å². The highest BCUT2D eigenvalue weighted by molar-refractivity contribution is 8.00. The van der Waals surface area contributed by atoms with E-state index in [4.69, 9.17) is 4.74 Å². The predicted molar refractivity (Wildman–Crippen MR) is 124 cm³/mol. The second kappa shape index (κ2) is 8.71. The first-order valence-corrected chi connectivity index (χ1v) is 11.6. The number of carboxylic acid groups (broad SMARTS) is 1. The zero-order valence-corrected chi connectivity index (χ0v) is 18.2. The molecule has 0 saturated heterocycles. The monoisotopic (exact) mass is 445 g/mol. The summed E-state index contributed by atoms with van der Waals surface area (Å²) in [5, 5.41) is 12.3. The lowest BCUT2D eigenvalue weighted by atomic mass is 9.98. The average Bonchev–Trinajstić information content (AvgIpc) is 3.35. The lowest BCUT2D eigenvalue weighted by Gasteiger charge is -2.19. The van der Waals surface area contributed by atoms with Crippen LogP contribution in [0.5, 0.6) is 0 Å². The summed E-state index contributed by atoms with van der Waals surface area (Å²) in [4.78, 5) is 25.5. The van der Waals surface area contributed by atoms with E-state index < -0.39 is 18.1 Å². The fraction of sp³-hybridized carbons (Fsp3) is 0.231. The Balaban J connectivity index is 1.22. The molecular formula is C26H23NO4S. The largest absolute Gasteiger partial charge is 0.480 e. The number of fused-ring (bicyclic) bond motifs is 4. The minimum Gasteiger partial charge on any atom is -0.480 e. The fourth-order valence-electron chi connectivity index (χ4n) is 4.65. The molecule has 2 aliphatic rings. The van der Waals surface area contributed by atoms with Gasteiger partial charge in [-0.25, -0.2) is 9.59 Å². The van der Waals surface area contributed by atoms with Crippen molar-refractivity contribution in [2.24, 2.45) is 0 Å². The highest BCUT2D eigenvalue weighted by Crippen LogP contribution is 2.44. The summed E-state index contributed by atoms with van der Waals surface area (Å²) in [6, 6.07) is 23.3. The van der Waals surface area contributed by atoms with Crippen LogP contribution in [0.3, 0.4) is 0 Å². The smallest absolute Gasteiger partial charge is 0.407 e. The molecule has 0 saturated carbocycles. The molecule has 1 amide bonds. The van der Waals surface area contributed by atoms with E-state index in [1.54, 1.807) is 11.8 Å².